The van der Waals surface area contributed by atoms with E-state index in [1.165, 1.54) is 128 Å². The molecule has 0 spiro atoms. The molecule has 0 radical (unpaired) electrons. The summed E-state index contributed by atoms with van der Waals surface area (Å²) in [6, 6.07) is 10.6. The van der Waals surface area contributed by atoms with Gasteiger partial charge in [-0.1, -0.05) is 130 Å². The monoisotopic (exact) mass is 602 g/mol. The minimum Gasteiger partial charge on any atom is -0.143 e. The average Bonchev–Trinajstić information content (AvgIpc) is 3.78. The van der Waals surface area contributed by atoms with Crippen LogP contribution < -0.4 is 0 Å². The van der Waals surface area contributed by atoms with E-state index in [4.69, 9.17) is 0 Å². The smallest absolute Gasteiger partial charge is 0.0387 e. The van der Waals surface area contributed by atoms with Gasteiger partial charge in [0.1, 0.15) is 0 Å². The Morgan fingerprint density at radius 2 is 0.762 bits per heavy atom. The van der Waals surface area contributed by atoms with Crippen molar-refractivity contribution in [2.75, 3.05) is 0 Å². The summed E-state index contributed by atoms with van der Waals surface area (Å²) in [5.74, 6) is 0. The van der Waals surface area contributed by atoms with Gasteiger partial charge in [0.15, 0.2) is 0 Å². The summed E-state index contributed by atoms with van der Waals surface area (Å²) in [4.78, 5) is 3.22. The highest BCUT2D eigenvalue weighted by molar-refractivity contribution is 7.14. The maximum Gasteiger partial charge on any atom is 0.0387 e. The molecule has 2 aliphatic rings. The van der Waals surface area contributed by atoms with Crippen LogP contribution in [0.4, 0.5) is 0 Å². The maximum atomic E-state index is 2.77. The minimum atomic E-state index is 0.214. The molecule has 0 saturated heterocycles. The first-order valence-electron chi connectivity index (χ1n) is 18.0. The Bertz CT molecular complexity index is 1130. The minimum absolute atomic E-state index is 0.214. The quantitative estimate of drug-likeness (QED) is 0.113. The van der Waals surface area contributed by atoms with E-state index in [-0.39, 0.29) is 10.8 Å². The Hall–Kier alpha value is -1.38. The Kier molecular flexibility index (Phi) is 11.5. The van der Waals surface area contributed by atoms with Crippen LogP contribution in [0.15, 0.2) is 35.0 Å². The lowest BCUT2D eigenvalue weighted by molar-refractivity contribution is 0.398. The van der Waals surface area contributed by atoms with Gasteiger partial charge in [0.2, 0.25) is 0 Å². The van der Waals surface area contributed by atoms with Gasteiger partial charge in [-0.15, -0.1) is 22.7 Å². The maximum absolute atomic E-state index is 2.77. The second-order valence-electron chi connectivity index (χ2n) is 13.7. The molecule has 3 aromatic rings. The van der Waals surface area contributed by atoms with E-state index >= 15 is 0 Å². The van der Waals surface area contributed by atoms with Gasteiger partial charge < -0.3 is 0 Å². The number of benzene rings is 1. The van der Waals surface area contributed by atoms with E-state index in [1.54, 1.807) is 43.1 Å². The zero-order valence-corrected chi connectivity index (χ0v) is 29.1. The molecule has 0 unspecified atom stereocenters. The SMILES string of the molecule is CCCCCCC1(CCCCCC)c2cc3c(cc2-c2sccc21)C(CCCCCC)(CCCCCC)c1ccsc1-3. The summed E-state index contributed by atoms with van der Waals surface area (Å²) in [5.41, 5.74) is 10.4. The van der Waals surface area contributed by atoms with Gasteiger partial charge in [0, 0.05) is 20.6 Å². The first-order valence-corrected chi connectivity index (χ1v) is 19.8. The van der Waals surface area contributed by atoms with Crippen LogP contribution in [0.2, 0.25) is 0 Å². The summed E-state index contributed by atoms with van der Waals surface area (Å²) in [7, 11) is 0. The lowest BCUT2D eigenvalue weighted by Gasteiger charge is -2.34. The van der Waals surface area contributed by atoms with Gasteiger partial charge in [-0.2, -0.15) is 0 Å². The normalized spacial score (nSPS) is 15.5. The molecule has 42 heavy (non-hydrogen) atoms. The molecule has 0 bridgehead atoms. The van der Waals surface area contributed by atoms with Crippen molar-refractivity contribution in [3.63, 3.8) is 0 Å². The Labute approximate surface area is 266 Å². The summed E-state index contributed by atoms with van der Waals surface area (Å²) >= 11 is 4.06. The molecule has 5 rings (SSSR count). The van der Waals surface area contributed by atoms with E-state index in [0.717, 1.165) is 0 Å². The molecule has 0 atom stereocenters. The third-order valence-corrected chi connectivity index (χ3v) is 12.8. The third kappa shape index (κ3) is 6.10. The molecule has 1 aromatic carbocycles. The Morgan fingerprint density at radius 1 is 0.429 bits per heavy atom. The van der Waals surface area contributed by atoms with E-state index in [2.05, 4.69) is 62.7 Å². The predicted molar refractivity (Wildman–Crippen MR) is 190 cm³/mol. The molecule has 0 amide bonds. The van der Waals surface area contributed by atoms with Crippen molar-refractivity contribution in [1.29, 1.82) is 0 Å². The van der Waals surface area contributed by atoms with Crippen molar-refractivity contribution in [3.8, 4) is 20.9 Å². The molecule has 0 aliphatic heterocycles. The largest absolute Gasteiger partial charge is 0.143 e. The summed E-state index contributed by atoms with van der Waals surface area (Å²) in [6.45, 7) is 9.39. The molecular weight excluding hydrogens is 545 g/mol. The number of thiophene rings is 2. The number of hydrogen-bond donors (Lipinski definition) is 0. The number of rotatable bonds is 20. The molecule has 2 heterocycles. The van der Waals surface area contributed by atoms with Crippen LogP contribution in [0.25, 0.3) is 20.9 Å². The Balaban J connectivity index is 1.60. The lowest BCUT2D eigenvalue weighted by atomic mass is 9.68. The van der Waals surface area contributed by atoms with Crippen LogP contribution in [0, 0.1) is 0 Å². The second-order valence-corrected chi connectivity index (χ2v) is 15.5. The van der Waals surface area contributed by atoms with Crippen molar-refractivity contribution in [2.45, 2.75) is 167 Å². The van der Waals surface area contributed by atoms with Gasteiger partial charge >= 0.3 is 0 Å². The zero-order chi connectivity index (χ0) is 29.4. The van der Waals surface area contributed by atoms with Crippen molar-refractivity contribution in [2.24, 2.45) is 0 Å². The molecular formula is C40H58S2. The molecule has 2 heteroatoms. The van der Waals surface area contributed by atoms with Crippen molar-refractivity contribution in [3.05, 3.63) is 57.3 Å². The van der Waals surface area contributed by atoms with Gasteiger partial charge in [-0.25, -0.2) is 0 Å². The van der Waals surface area contributed by atoms with Crippen molar-refractivity contribution >= 4 is 22.7 Å². The number of hydrogen-bond acceptors (Lipinski definition) is 2. The highest BCUT2D eigenvalue weighted by Gasteiger charge is 2.48. The highest BCUT2D eigenvalue weighted by Crippen LogP contribution is 2.62. The van der Waals surface area contributed by atoms with E-state index < -0.39 is 0 Å². The van der Waals surface area contributed by atoms with Gasteiger partial charge in [-0.3, -0.25) is 0 Å². The topological polar surface area (TPSA) is 0 Å². The molecule has 0 saturated carbocycles. The summed E-state index contributed by atoms with van der Waals surface area (Å²) in [6.07, 6.45) is 27.0. The summed E-state index contributed by atoms with van der Waals surface area (Å²) < 4.78 is 0. The van der Waals surface area contributed by atoms with Crippen LogP contribution in [0.3, 0.4) is 0 Å². The molecule has 2 aliphatic carbocycles. The standard InChI is InChI=1S/C40H58S2/c1-5-9-13-17-23-39(24-18-14-10-6-2)33-21-27-41-37(33)31-30-36-32(29-35(31)39)38-34(22-28-42-38)40(36,25-19-15-11-7-3)26-20-16-12-8-4/h21-22,27-30H,5-20,23-26H2,1-4H3. The van der Waals surface area contributed by atoms with E-state index in [0.29, 0.717) is 0 Å². The molecule has 0 N–H and O–H groups in total. The van der Waals surface area contributed by atoms with Crippen molar-refractivity contribution < 1.29 is 0 Å². The number of fused-ring (bicyclic) bond motifs is 6. The molecule has 230 valence electrons. The van der Waals surface area contributed by atoms with E-state index in [1.807, 2.05) is 22.7 Å². The first kappa shape index (κ1) is 32.0. The van der Waals surface area contributed by atoms with Gasteiger partial charge in [-0.05, 0) is 94.1 Å². The van der Waals surface area contributed by atoms with E-state index in [9.17, 15) is 0 Å². The third-order valence-electron chi connectivity index (χ3n) is 10.9. The summed E-state index contributed by atoms with van der Waals surface area (Å²) in [5, 5.41) is 4.82. The van der Waals surface area contributed by atoms with Crippen LogP contribution in [-0.4, -0.2) is 0 Å². The van der Waals surface area contributed by atoms with Gasteiger partial charge in [0.25, 0.3) is 0 Å². The second kappa shape index (κ2) is 15.1. The Morgan fingerprint density at radius 3 is 1.07 bits per heavy atom. The molecule has 0 nitrogen and oxygen atoms in total. The fraction of sp³-hybridized carbons (Fsp3) is 0.650. The van der Waals surface area contributed by atoms with Crippen molar-refractivity contribution in [1.82, 2.24) is 0 Å². The predicted octanol–water partition coefficient (Wildman–Crippen LogP) is 14.2. The van der Waals surface area contributed by atoms with Crippen LogP contribution >= 0.6 is 22.7 Å². The lowest BCUT2D eigenvalue weighted by Crippen LogP contribution is -2.27. The fourth-order valence-corrected chi connectivity index (χ4v) is 10.6. The average molecular weight is 603 g/mol. The fourth-order valence-electron chi connectivity index (χ4n) is 8.59. The van der Waals surface area contributed by atoms with Crippen LogP contribution in [0.1, 0.15) is 178 Å². The van der Waals surface area contributed by atoms with Gasteiger partial charge in [0.05, 0.1) is 0 Å². The number of unbranched alkanes of at least 4 members (excludes halogenated alkanes) is 12. The molecule has 2 aromatic heterocycles. The highest BCUT2D eigenvalue weighted by atomic mass is 32.1. The van der Waals surface area contributed by atoms with Crippen LogP contribution in [-0.2, 0) is 10.8 Å². The first-order chi connectivity index (χ1) is 20.7. The molecule has 0 fully saturated rings. The zero-order valence-electron chi connectivity index (χ0n) is 27.4. The van der Waals surface area contributed by atoms with Crippen LogP contribution in [0.5, 0.6) is 0 Å².